The molecular weight excluding hydrogens is 178 g/mol. The molecule has 1 N–H and O–H groups in total. The molecule has 0 aliphatic carbocycles. The molecule has 0 aromatic carbocycles. The molecule has 0 saturated heterocycles. The van der Waals surface area contributed by atoms with E-state index in [9.17, 15) is 0 Å². The SMILES string of the molecule is CC(C)(C)c1n[nH]c(-c2ccco2)n1. The maximum atomic E-state index is 5.21. The second-order valence-corrected chi connectivity index (χ2v) is 4.23. The van der Waals surface area contributed by atoms with Crippen molar-refractivity contribution in [3.63, 3.8) is 0 Å². The molecule has 0 bridgehead atoms. The highest BCUT2D eigenvalue weighted by Gasteiger charge is 2.20. The fourth-order valence-electron chi connectivity index (χ4n) is 1.12. The van der Waals surface area contributed by atoms with Crippen LogP contribution in [0.4, 0.5) is 0 Å². The molecule has 2 rings (SSSR count). The molecule has 2 heterocycles. The largest absolute Gasteiger partial charge is 0.461 e. The lowest BCUT2D eigenvalue weighted by Gasteiger charge is -2.11. The first-order valence-electron chi connectivity index (χ1n) is 4.54. The van der Waals surface area contributed by atoms with Crippen molar-refractivity contribution in [2.24, 2.45) is 0 Å². The Hall–Kier alpha value is -1.58. The Morgan fingerprint density at radius 1 is 1.36 bits per heavy atom. The first-order chi connectivity index (χ1) is 6.57. The topological polar surface area (TPSA) is 54.7 Å². The summed E-state index contributed by atoms with van der Waals surface area (Å²) in [5, 5.41) is 7.01. The van der Waals surface area contributed by atoms with Gasteiger partial charge < -0.3 is 4.42 Å². The third kappa shape index (κ3) is 1.55. The lowest BCUT2D eigenvalue weighted by molar-refractivity contribution is 0.547. The fraction of sp³-hybridized carbons (Fsp3) is 0.400. The molecule has 0 saturated carbocycles. The molecule has 0 aliphatic heterocycles. The summed E-state index contributed by atoms with van der Waals surface area (Å²) in [4.78, 5) is 4.36. The second-order valence-electron chi connectivity index (χ2n) is 4.23. The van der Waals surface area contributed by atoms with Crippen molar-refractivity contribution in [3.05, 3.63) is 24.2 Å². The second kappa shape index (κ2) is 2.97. The van der Waals surface area contributed by atoms with Gasteiger partial charge in [0.05, 0.1) is 6.26 Å². The van der Waals surface area contributed by atoms with Crippen LogP contribution in [-0.2, 0) is 5.41 Å². The van der Waals surface area contributed by atoms with Crippen LogP contribution in [0.1, 0.15) is 26.6 Å². The van der Waals surface area contributed by atoms with Crippen LogP contribution in [0.5, 0.6) is 0 Å². The van der Waals surface area contributed by atoms with Crippen molar-refractivity contribution in [3.8, 4) is 11.6 Å². The van der Waals surface area contributed by atoms with Gasteiger partial charge in [0.25, 0.3) is 0 Å². The van der Waals surface area contributed by atoms with Crippen LogP contribution in [-0.4, -0.2) is 15.2 Å². The van der Waals surface area contributed by atoms with Gasteiger partial charge in [-0.3, -0.25) is 5.10 Å². The minimum Gasteiger partial charge on any atom is -0.461 e. The van der Waals surface area contributed by atoms with Crippen LogP contribution >= 0.6 is 0 Å². The first kappa shape index (κ1) is 8.99. The van der Waals surface area contributed by atoms with E-state index in [2.05, 4.69) is 36.0 Å². The van der Waals surface area contributed by atoms with E-state index in [0.717, 1.165) is 5.82 Å². The number of hydrogen-bond donors (Lipinski definition) is 1. The predicted octanol–water partition coefficient (Wildman–Crippen LogP) is 2.36. The molecular formula is C10H13N3O. The van der Waals surface area contributed by atoms with Gasteiger partial charge in [0.15, 0.2) is 17.4 Å². The van der Waals surface area contributed by atoms with Crippen LogP contribution < -0.4 is 0 Å². The first-order valence-corrected chi connectivity index (χ1v) is 4.54. The monoisotopic (exact) mass is 191 g/mol. The van der Waals surface area contributed by atoms with Crippen LogP contribution in [0, 0.1) is 0 Å². The van der Waals surface area contributed by atoms with E-state index in [4.69, 9.17) is 4.42 Å². The van der Waals surface area contributed by atoms with Gasteiger partial charge in [0, 0.05) is 5.41 Å². The van der Waals surface area contributed by atoms with Crippen molar-refractivity contribution in [2.75, 3.05) is 0 Å². The number of nitrogens with zero attached hydrogens (tertiary/aromatic N) is 2. The number of aromatic amines is 1. The zero-order valence-corrected chi connectivity index (χ0v) is 8.53. The quantitative estimate of drug-likeness (QED) is 0.752. The Balaban J connectivity index is 2.36. The Bertz CT molecular complexity index is 409. The molecule has 74 valence electrons. The van der Waals surface area contributed by atoms with Crippen LogP contribution in [0.15, 0.2) is 22.8 Å². The Morgan fingerprint density at radius 3 is 2.64 bits per heavy atom. The predicted molar refractivity (Wildman–Crippen MR) is 52.8 cm³/mol. The van der Waals surface area contributed by atoms with E-state index >= 15 is 0 Å². The molecule has 4 nitrogen and oxygen atoms in total. The summed E-state index contributed by atoms with van der Waals surface area (Å²) in [5.41, 5.74) is -0.0403. The summed E-state index contributed by atoms with van der Waals surface area (Å²) in [6.07, 6.45) is 1.62. The molecule has 14 heavy (non-hydrogen) atoms. The number of aromatic nitrogens is 3. The van der Waals surface area contributed by atoms with Crippen molar-refractivity contribution < 1.29 is 4.42 Å². The molecule has 0 amide bonds. The zero-order valence-electron chi connectivity index (χ0n) is 8.53. The third-order valence-corrected chi connectivity index (χ3v) is 1.91. The van der Waals surface area contributed by atoms with Crippen molar-refractivity contribution in [1.82, 2.24) is 15.2 Å². The average Bonchev–Trinajstić information content (AvgIpc) is 2.73. The van der Waals surface area contributed by atoms with Gasteiger partial charge in [-0.1, -0.05) is 20.8 Å². The van der Waals surface area contributed by atoms with E-state index in [1.165, 1.54) is 0 Å². The van der Waals surface area contributed by atoms with Crippen LogP contribution in [0.2, 0.25) is 0 Å². The third-order valence-electron chi connectivity index (χ3n) is 1.91. The van der Waals surface area contributed by atoms with Gasteiger partial charge in [0.1, 0.15) is 0 Å². The summed E-state index contributed by atoms with van der Waals surface area (Å²) in [6.45, 7) is 6.21. The minimum atomic E-state index is -0.0403. The highest BCUT2D eigenvalue weighted by atomic mass is 16.3. The van der Waals surface area contributed by atoms with E-state index in [0.29, 0.717) is 11.6 Å². The Morgan fingerprint density at radius 2 is 2.14 bits per heavy atom. The van der Waals surface area contributed by atoms with Crippen LogP contribution in [0.25, 0.3) is 11.6 Å². The fourth-order valence-corrected chi connectivity index (χ4v) is 1.12. The van der Waals surface area contributed by atoms with Gasteiger partial charge in [-0.05, 0) is 12.1 Å². The van der Waals surface area contributed by atoms with Gasteiger partial charge in [-0.2, -0.15) is 5.10 Å². The summed E-state index contributed by atoms with van der Waals surface area (Å²) in [5.74, 6) is 2.19. The lowest BCUT2D eigenvalue weighted by atomic mass is 9.96. The van der Waals surface area contributed by atoms with E-state index in [-0.39, 0.29) is 5.41 Å². The number of hydrogen-bond acceptors (Lipinski definition) is 3. The molecule has 0 radical (unpaired) electrons. The van der Waals surface area contributed by atoms with Crippen molar-refractivity contribution >= 4 is 0 Å². The van der Waals surface area contributed by atoms with Crippen molar-refractivity contribution in [2.45, 2.75) is 26.2 Å². The summed E-state index contributed by atoms with van der Waals surface area (Å²) in [7, 11) is 0. The highest BCUT2D eigenvalue weighted by molar-refractivity contribution is 5.45. The van der Waals surface area contributed by atoms with E-state index in [1.807, 2.05) is 12.1 Å². The molecule has 4 heteroatoms. The number of H-pyrrole nitrogens is 1. The molecule has 2 aromatic heterocycles. The summed E-state index contributed by atoms with van der Waals surface area (Å²) >= 11 is 0. The molecule has 0 aliphatic rings. The Labute approximate surface area is 82.4 Å². The number of nitrogens with one attached hydrogen (secondary N) is 1. The maximum Gasteiger partial charge on any atom is 0.191 e. The smallest absolute Gasteiger partial charge is 0.191 e. The van der Waals surface area contributed by atoms with Gasteiger partial charge >= 0.3 is 0 Å². The van der Waals surface area contributed by atoms with Crippen LogP contribution in [0.3, 0.4) is 0 Å². The molecule has 0 unspecified atom stereocenters. The maximum absolute atomic E-state index is 5.21. The zero-order chi connectivity index (χ0) is 10.2. The molecule has 0 spiro atoms. The average molecular weight is 191 g/mol. The van der Waals surface area contributed by atoms with Gasteiger partial charge in [-0.25, -0.2) is 4.98 Å². The molecule has 2 aromatic rings. The Kier molecular flexibility index (Phi) is 1.91. The van der Waals surface area contributed by atoms with Gasteiger partial charge in [0.2, 0.25) is 0 Å². The molecule has 0 fully saturated rings. The van der Waals surface area contributed by atoms with Gasteiger partial charge in [-0.15, -0.1) is 0 Å². The van der Waals surface area contributed by atoms with E-state index < -0.39 is 0 Å². The number of furan rings is 1. The van der Waals surface area contributed by atoms with Crippen molar-refractivity contribution in [1.29, 1.82) is 0 Å². The lowest BCUT2D eigenvalue weighted by Crippen LogP contribution is -2.13. The molecule has 0 atom stereocenters. The summed E-state index contributed by atoms with van der Waals surface area (Å²) in [6, 6.07) is 3.68. The summed E-state index contributed by atoms with van der Waals surface area (Å²) < 4.78 is 5.21. The highest BCUT2D eigenvalue weighted by Crippen LogP contribution is 2.21. The minimum absolute atomic E-state index is 0.0403. The number of rotatable bonds is 1. The normalized spacial score (nSPS) is 11.9. The standard InChI is InChI=1S/C10H13N3O/c1-10(2,3)9-11-8(12-13-9)7-5-4-6-14-7/h4-6H,1-3H3,(H,11,12,13). The van der Waals surface area contributed by atoms with E-state index in [1.54, 1.807) is 6.26 Å².